The van der Waals surface area contributed by atoms with Gasteiger partial charge in [0, 0.05) is 31.4 Å². The number of nitrogens with zero attached hydrogens (tertiary/aromatic N) is 2. The van der Waals surface area contributed by atoms with Crippen LogP contribution in [0.4, 0.5) is 9.59 Å². The van der Waals surface area contributed by atoms with Crippen molar-refractivity contribution in [2.24, 2.45) is 5.41 Å². The zero-order valence-electron chi connectivity index (χ0n) is 24.4. The largest absolute Gasteiger partial charge is 0.453 e. The molecule has 0 saturated carbocycles. The Labute approximate surface area is 246 Å². The van der Waals surface area contributed by atoms with E-state index in [1.54, 1.807) is 6.20 Å². The summed E-state index contributed by atoms with van der Waals surface area (Å²) in [5, 5.41) is 17.4. The fourth-order valence-corrected chi connectivity index (χ4v) is 4.05. The first kappa shape index (κ1) is 32.0. The summed E-state index contributed by atoms with van der Waals surface area (Å²) >= 11 is 0. The molecule has 42 heavy (non-hydrogen) atoms. The first-order valence-corrected chi connectivity index (χ1v) is 13.6. The van der Waals surface area contributed by atoms with E-state index in [9.17, 15) is 19.5 Å². The minimum Gasteiger partial charge on any atom is -0.453 e. The Morgan fingerprint density at radius 1 is 0.929 bits per heavy atom. The number of ether oxygens (including phenoxy) is 2. The number of aromatic nitrogens is 1. The summed E-state index contributed by atoms with van der Waals surface area (Å²) in [4.78, 5) is 41.8. The highest BCUT2D eigenvalue weighted by Crippen LogP contribution is 2.21. The van der Waals surface area contributed by atoms with Crippen molar-refractivity contribution < 1.29 is 29.0 Å². The van der Waals surface area contributed by atoms with Crippen LogP contribution < -0.4 is 16.1 Å². The van der Waals surface area contributed by atoms with Gasteiger partial charge >= 0.3 is 12.2 Å². The third-order valence-corrected chi connectivity index (χ3v) is 6.26. The molecule has 0 aliphatic carbocycles. The van der Waals surface area contributed by atoms with Gasteiger partial charge in [-0.2, -0.15) is 0 Å². The summed E-state index contributed by atoms with van der Waals surface area (Å²) < 4.78 is 9.91. The summed E-state index contributed by atoms with van der Waals surface area (Å²) in [6, 6.07) is 21.6. The summed E-state index contributed by atoms with van der Waals surface area (Å²) in [5.41, 5.74) is 5.63. The van der Waals surface area contributed by atoms with Crippen LogP contribution in [0.3, 0.4) is 0 Å². The van der Waals surface area contributed by atoms with Gasteiger partial charge in [0.15, 0.2) is 0 Å². The van der Waals surface area contributed by atoms with Gasteiger partial charge in [-0.3, -0.25) is 15.2 Å². The first-order valence-electron chi connectivity index (χ1n) is 13.6. The lowest BCUT2D eigenvalue weighted by molar-refractivity contribution is -0.131. The second kappa shape index (κ2) is 15.5. The standard InChI is InChI=1S/C31H39N5O6/c1-31(2,3)27(34-30(40)41-4)28(38)35-36(19-22-13-15-24(16-14-22)26-12-8-9-17-32-26)20-25(37)18-33-29(39)42-21-23-10-6-5-7-11-23/h5-17,25,27,37H,18-21H2,1-4H3,(H,33,39)(H,34,40)(H,35,38)/t25-,27+/m1/s1. The van der Waals surface area contributed by atoms with E-state index in [0.29, 0.717) is 0 Å². The van der Waals surface area contributed by atoms with E-state index in [-0.39, 0.29) is 26.2 Å². The predicted molar refractivity (Wildman–Crippen MR) is 158 cm³/mol. The molecular weight excluding hydrogens is 538 g/mol. The monoisotopic (exact) mass is 577 g/mol. The average Bonchev–Trinajstić information content (AvgIpc) is 2.98. The molecule has 0 aliphatic heterocycles. The molecular formula is C31H39N5O6. The van der Waals surface area contributed by atoms with E-state index < -0.39 is 35.7 Å². The molecule has 1 aromatic heterocycles. The molecule has 0 aliphatic rings. The molecule has 3 rings (SSSR count). The molecule has 3 aromatic rings. The minimum atomic E-state index is -1.05. The summed E-state index contributed by atoms with van der Waals surface area (Å²) in [5.74, 6) is -0.486. The first-order chi connectivity index (χ1) is 20.0. The van der Waals surface area contributed by atoms with E-state index in [2.05, 4.69) is 21.0 Å². The van der Waals surface area contributed by atoms with Crippen molar-refractivity contribution >= 4 is 18.1 Å². The molecule has 0 unspecified atom stereocenters. The maximum Gasteiger partial charge on any atom is 0.407 e. The fourth-order valence-electron chi connectivity index (χ4n) is 4.05. The lowest BCUT2D eigenvalue weighted by Gasteiger charge is -2.33. The number of carbonyl (C=O) groups is 3. The number of amides is 3. The minimum absolute atomic E-state index is 0.0260. The number of hydrogen-bond acceptors (Lipinski definition) is 8. The van der Waals surface area contributed by atoms with Crippen LogP contribution in [0.25, 0.3) is 11.3 Å². The van der Waals surface area contributed by atoms with Crippen molar-refractivity contribution in [2.45, 2.75) is 46.1 Å². The number of aliphatic hydroxyl groups is 1. The van der Waals surface area contributed by atoms with Gasteiger partial charge in [0.25, 0.3) is 5.91 Å². The Morgan fingerprint density at radius 2 is 1.62 bits per heavy atom. The Hall–Kier alpha value is -4.48. The normalized spacial score (nSPS) is 12.6. The lowest BCUT2D eigenvalue weighted by Crippen LogP contribution is -2.58. The van der Waals surface area contributed by atoms with Crippen LogP contribution >= 0.6 is 0 Å². The Balaban J connectivity index is 1.67. The second-order valence-corrected chi connectivity index (χ2v) is 10.8. The van der Waals surface area contributed by atoms with E-state index >= 15 is 0 Å². The van der Waals surface area contributed by atoms with Crippen LogP contribution in [-0.4, -0.2) is 65.5 Å². The third-order valence-electron chi connectivity index (χ3n) is 6.26. The van der Waals surface area contributed by atoms with Gasteiger partial charge in [-0.1, -0.05) is 81.4 Å². The van der Waals surface area contributed by atoms with Crippen molar-refractivity contribution in [3.05, 3.63) is 90.1 Å². The smallest absolute Gasteiger partial charge is 0.407 e. The van der Waals surface area contributed by atoms with Gasteiger partial charge in [-0.25, -0.2) is 14.6 Å². The van der Waals surface area contributed by atoms with Crippen molar-refractivity contribution in [1.82, 2.24) is 26.1 Å². The van der Waals surface area contributed by atoms with Crippen molar-refractivity contribution in [3.63, 3.8) is 0 Å². The van der Waals surface area contributed by atoms with Crippen LogP contribution in [-0.2, 0) is 27.4 Å². The zero-order chi connectivity index (χ0) is 30.5. The highest BCUT2D eigenvalue weighted by atomic mass is 16.5. The van der Waals surface area contributed by atoms with Gasteiger partial charge < -0.3 is 25.2 Å². The highest BCUT2D eigenvalue weighted by molar-refractivity contribution is 5.86. The van der Waals surface area contributed by atoms with Crippen LogP contribution in [0.5, 0.6) is 0 Å². The molecule has 3 amide bonds. The number of hydrogen-bond donors (Lipinski definition) is 4. The van der Waals surface area contributed by atoms with Crippen LogP contribution in [0.15, 0.2) is 79.0 Å². The van der Waals surface area contributed by atoms with Crippen molar-refractivity contribution in [2.75, 3.05) is 20.2 Å². The van der Waals surface area contributed by atoms with Crippen molar-refractivity contribution in [1.29, 1.82) is 0 Å². The van der Waals surface area contributed by atoms with E-state index in [1.807, 2.05) is 93.6 Å². The molecule has 4 N–H and O–H groups in total. The van der Waals surface area contributed by atoms with Crippen molar-refractivity contribution in [3.8, 4) is 11.3 Å². The number of nitrogens with one attached hydrogen (secondary N) is 3. The molecule has 2 aromatic carbocycles. The number of carbonyl (C=O) groups excluding carboxylic acids is 3. The summed E-state index contributed by atoms with van der Waals surface area (Å²) in [6.45, 7) is 5.64. The average molecular weight is 578 g/mol. The number of methoxy groups -OCH3 is 1. The molecule has 0 fully saturated rings. The maximum absolute atomic E-state index is 13.3. The van der Waals surface area contributed by atoms with Gasteiger partial charge in [0.1, 0.15) is 12.6 Å². The maximum atomic E-state index is 13.3. The van der Waals surface area contributed by atoms with Crippen LogP contribution in [0.1, 0.15) is 31.9 Å². The number of hydrazine groups is 1. The number of alkyl carbamates (subject to hydrolysis) is 2. The third kappa shape index (κ3) is 10.5. The molecule has 1 heterocycles. The predicted octanol–water partition coefficient (Wildman–Crippen LogP) is 3.64. The Morgan fingerprint density at radius 3 is 2.24 bits per heavy atom. The fraction of sp³-hybridized carbons (Fsp3) is 0.355. The SMILES string of the molecule is COC(=O)N[C@@H](C(=O)NN(Cc1ccc(-c2ccccn2)cc1)C[C@H](O)CNC(=O)OCc1ccccc1)C(C)(C)C. The second-order valence-electron chi connectivity index (χ2n) is 10.8. The quantitative estimate of drug-likeness (QED) is 0.239. The van der Waals surface area contributed by atoms with E-state index in [1.165, 1.54) is 12.1 Å². The Bertz CT molecular complexity index is 1280. The molecule has 0 spiro atoms. The van der Waals surface area contributed by atoms with Crippen LogP contribution in [0, 0.1) is 5.41 Å². The number of rotatable bonds is 12. The number of benzene rings is 2. The molecule has 11 heteroatoms. The van der Waals surface area contributed by atoms with E-state index in [4.69, 9.17) is 9.47 Å². The molecule has 0 saturated heterocycles. The van der Waals surface area contributed by atoms with E-state index in [0.717, 1.165) is 22.4 Å². The molecule has 2 atom stereocenters. The van der Waals surface area contributed by atoms with Gasteiger partial charge in [-0.05, 0) is 28.7 Å². The Kier molecular flexibility index (Phi) is 11.8. The van der Waals surface area contributed by atoms with Gasteiger partial charge in [0.2, 0.25) is 0 Å². The van der Waals surface area contributed by atoms with Gasteiger partial charge in [-0.15, -0.1) is 0 Å². The molecule has 0 radical (unpaired) electrons. The highest BCUT2D eigenvalue weighted by Gasteiger charge is 2.34. The molecule has 11 nitrogen and oxygen atoms in total. The molecule has 0 bridgehead atoms. The molecule has 224 valence electrons. The van der Waals surface area contributed by atoms with Crippen LogP contribution in [0.2, 0.25) is 0 Å². The zero-order valence-corrected chi connectivity index (χ0v) is 24.4. The van der Waals surface area contributed by atoms with Gasteiger partial charge in [0.05, 0.1) is 18.9 Å². The number of pyridine rings is 1. The topological polar surface area (TPSA) is 142 Å². The summed E-state index contributed by atoms with van der Waals surface area (Å²) in [7, 11) is 1.22. The number of aliphatic hydroxyl groups excluding tert-OH is 1. The lowest BCUT2D eigenvalue weighted by atomic mass is 9.86. The summed E-state index contributed by atoms with van der Waals surface area (Å²) in [6.07, 6.45) is -0.737.